The average molecular weight is 337 g/mol. The van der Waals surface area contributed by atoms with Crippen LogP contribution >= 0.6 is 0 Å². The lowest BCUT2D eigenvalue weighted by molar-refractivity contribution is 0.0951. The lowest BCUT2D eigenvalue weighted by atomic mass is 10.1. The summed E-state index contributed by atoms with van der Waals surface area (Å²) in [6.07, 6.45) is 3.28. The minimum Gasteiger partial charge on any atom is -0.383 e. The fraction of sp³-hybridized carbons (Fsp3) is 0.211. The molecule has 2 aromatic heterocycles. The molecule has 25 heavy (non-hydrogen) atoms. The highest BCUT2D eigenvalue weighted by Gasteiger charge is 2.14. The number of fused-ring (bicyclic) bond motifs is 1. The van der Waals surface area contributed by atoms with Gasteiger partial charge in [-0.05, 0) is 18.2 Å². The van der Waals surface area contributed by atoms with Crippen LogP contribution in [0.1, 0.15) is 16.1 Å². The monoisotopic (exact) mass is 337 g/mol. The van der Waals surface area contributed by atoms with Crippen molar-refractivity contribution in [2.75, 3.05) is 13.7 Å². The van der Waals surface area contributed by atoms with Gasteiger partial charge in [0.15, 0.2) is 0 Å². The molecule has 0 saturated heterocycles. The molecule has 3 aromatic rings. The molecule has 0 bridgehead atoms. The molecule has 0 aliphatic carbocycles. The van der Waals surface area contributed by atoms with E-state index < -0.39 is 0 Å². The van der Waals surface area contributed by atoms with Gasteiger partial charge in [0.25, 0.3) is 11.5 Å². The maximum absolute atomic E-state index is 12.7. The Balaban J connectivity index is 1.94. The Hall–Kier alpha value is -2.99. The van der Waals surface area contributed by atoms with Crippen molar-refractivity contribution < 1.29 is 9.53 Å². The minimum absolute atomic E-state index is 0.131. The van der Waals surface area contributed by atoms with Crippen molar-refractivity contribution >= 4 is 16.7 Å². The molecule has 0 unspecified atom stereocenters. The highest BCUT2D eigenvalue weighted by atomic mass is 16.5. The fourth-order valence-electron chi connectivity index (χ4n) is 2.65. The number of pyridine rings is 2. The summed E-state index contributed by atoms with van der Waals surface area (Å²) in [6, 6.07) is 12.7. The van der Waals surface area contributed by atoms with Gasteiger partial charge in [-0.3, -0.25) is 14.6 Å². The molecule has 3 rings (SSSR count). The number of hydrogen-bond donors (Lipinski definition) is 1. The second-order valence-electron chi connectivity index (χ2n) is 5.58. The van der Waals surface area contributed by atoms with Gasteiger partial charge in [0.2, 0.25) is 0 Å². The van der Waals surface area contributed by atoms with E-state index in [-0.39, 0.29) is 11.5 Å². The van der Waals surface area contributed by atoms with E-state index in [4.69, 9.17) is 4.74 Å². The molecule has 0 fully saturated rings. The lowest BCUT2D eigenvalue weighted by Crippen LogP contribution is -2.28. The van der Waals surface area contributed by atoms with Crippen LogP contribution in [0.5, 0.6) is 0 Å². The number of ether oxygens (including phenoxy) is 1. The van der Waals surface area contributed by atoms with Gasteiger partial charge >= 0.3 is 0 Å². The van der Waals surface area contributed by atoms with Crippen LogP contribution in [0.15, 0.2) is 59.7 Å². The summed E-state index contributed by atoms with van der Waals surface area (Å²) in [5.41, 5.74) is 1.10. The number of carbonyl (C=O) groups is 1. The first-order chi connectivity index (χ1) is 12.2. The zero-order valence-electron chi connectivity index (χ0n) is 13.9. The summed E-state index contributed by atoms with van der Waals surface area (Å²) in [5, 5.41) is 4.02. The van der Waals surface area contributed by atoms with Gasteiger partial charge in [-0.2, -0.15) is 0 Å². The molecule has 6 heteroatoms. The maximum Gasteiger partial charge on any atom is 0.258 e. The molecule has 128 valence electrons. The molecular weight excluding hydrogens is 318 g/mol. The SMILES string of the molecule is COCCn1cc(C(=O)NCc2ccccn2)c2ccccc2c1=O. The fourth-order valence-corrected chi connectivity index (χ4v) is 2.65. The highest BCUT2D eigenvalue weighted by molar-refractivity contribution is 6.06. The molecule has 2 heterocycles. The molecular formula is C19H19N3O3. The first kappa shape index (κ1) is 16.9. The van der Waals surface area contributed by atoms with Gasteiger partial charge in [-0.1, -0.05) is 24.3 Å². The molecule has 6 nitrogen and oxygen atoms in total. The number of methoxy groups -OCH3 is 1. The summed E-state index contributed by atoms with van der Waals surface area (Å²) in [7, 11) is 1.58. The molecule has 0 spiro atoms. The smallest absolute Gasteiger partial charge is 0.258 e. The molecule has 1 aromatic carbocycles. The zero-order valence-corrected chi connectivity index (χ0v) is 13.9. The first-order valence-corrected chi connectivity index (χ1v) is 8.00. The van der Waals surface area contributed by atoms with Crippen LogP contribution in [0, 0.1) is 0 Å². The largest absolute Gasteiger partial charge is 0.383 e. The van der Waals surface area contributed by atoms with Crippen molar-refractivity contribution in [3.05, 3.63) is 76.5 Å². The summed E-state index contributed by atoms with van der Waals surface area (Å²) in [5.74, 6) is -0.243. The van der Waals surface area contributed by atoms with E-state index >= 15 is 0 Å². The predicted molar refractivity (Wildman–Crippen MR) is 95.5 cm³/mol. The lowest BCUT2D eigenvalue weighted by Gasteiger charge is -2.12. The van der Waals surface area contributed by atoms with Gasteiger partial charge < -0.3 is 14.6 Å². The van der Waals surface area contributed by atoms with Crippen LogP contribution in [0.4, 0.5) is 0 Å². The Morgan fingerprint density at radius 3 is 2.64 bits per heavy atom. The molecule has 1 N–H and O–H groups in total. The zero-order chi connectivity index (χ0) is 17.6. The van der Waals surface area contributed by atoms with Crippen LogP contribution in [0.3, 0.4) is 0 Å². The number of rotatable bonds is 6. The van der Waals surface area contributed by atoms with E-state index in [9.17, 15) is 9.59 Å². The average Bonchev–Trinajstić information content (AvgIpc) is 2.66. The Labute approximate surface area is 145 Å². The maximum atomic E-state index is 12.7. The Morgan fingerprint density at radius 1 is 1.16 bits per heavy atom. The third kappa shape index (κ3) is 3.75. The third-order valence-corrected chi connectivity index (χ3v) is 3.93. The molecule has 0 aliphatic heterocycles. The summed E-state index contributed by atoms with van der Waals surface area (Å²) in [6.45, 7) is 1.11. The number of benzene rings is 1. The number of hydrogen-bond acceptors (Lipinski definition) is 4. The van der Waals surface area contributed by atoms with Crippen molar-refractivity contribution in [1.29, 1.82) is 0 Å². The van der Waals surface area contributed by atoms with E-state index in [0.717, 1.165) is 5.69 Å². The van der Waals surface area contributed by atoms with E-state index in [0.29, 0.717) is 36.0 Å². The number of nitrogens with one attached hydrogen (secondary N) is 1. The predicted octanol–water partition coefficient (Wildman–Crippen LogP) is 1.97. The van der Waals surface area contributed by atoms with Crippen LogP contribution in [-0.2, 0) is 17.8 Å². The highest BCUT2D eigenvalue weighted by Crippen LogP contribution is 2.15. The standard InChI is InChI=1S/C19H19N3O3/c1-25-11-10-22-13-17(15-7-2-3-8-16(15)19(22)24)18(23)21-12-14-6-4-5-9-20-14/h2-9,13H,10-12H2,1H3,(H,21,23). The Morgan fingerprint density at radius 2 is 1.92 bits per heavy atom. The Bertz CT molecular complexity index is 936. The molecule has 0 radical (unpaired) electrons. The van der Waals surface area contributed by atoms with Crippen molar-refractivity contribution in [3.8, 4) is 0 Å². The van der Waals surface area contributed by atoms with Gasteiger partial charge in [0.1, 0.15) is 0 Å². The summed E-state index contributed by atoms with van der Waals surface area (Å²) < 4.78 is 6.57. The second-order valence-corrected chi connectivity index (χ2v) is 5.58. The van der Waals surface area contributed by atoms with E-state index in [2.05, 4.69) is 10.3 Å². The van der Waals surface area contributed by atoms with Crippen LogP contribution in [0.25, 0.3) is 10.8 Å². The van der Waals surface area contributed by atoms with E-state index in [1.807, 2.05) is 24.3 Å². The number of carbonyl (C=O) groups excluding carboxylic acids is 1. The van der Waals surface area contributed by atoms with Gasteiger partial charge in [0.05, 0.1) is 24.4 Å². The summed E-state index contributed by atoms with van der Waals surface area (Å²) in [4.78, 5) is 29.4. The number of amides is 1. The number of nitrogens with zero attached hydrogens (tertiary/aromatic N) is 2. The van der Waals surface area contributed by atoms with Gasteiger partial charge in [-0.15, -0.1) is 0 Å². The second kappa shape index (κ2) is 7.72. The first-order valence-electron chi connectivity index (χ1n) is 8.00. The van der Waals surface area contributed by atoms with Crippen molar-refractivity contribution in [2.24, 2.45) is 0 Å². The topological polar surface area (TPSA) is 73.2 Å². The van der Waals surface area contributed by atoms with E-state index in [1.54, 1.807) is 37.7 Å². The molecule has 0 saturated carbocycles. The number of aromatic nitrogens is 2. The van der Waals surface area contributed by atoms with E-state index in [1.165, 1.54) is 4.57 Å². The van der Waals surface area contributed by atoms with Gasteiger partial charge in [0, 0.05) is 36.8 Å². The Kier molecular flexibility index (Phi) is 5.20. The molecule has 0 aliphatic rings. The summed E-state index contributed by atoms with van der Waals surface area (Å²) >= 11 is 0. The molecule has 0 atom stereocenters. The van der Waals surface area contributed by atoms with Gasteiger partial charge in [-0.25, -0.2) is 0 Å². The van der Waals surface area contributed by atoms with Crippen LogP contribution < -0.4 is 10.9 Å². The van der Waals surface area contributed by atoms with Crippen molar-refractivity contribution in [2.45, 2.75) is 13.1 Å². The quantitative estimate of drug-likeness (QED) is 0.746. The van der Waals surface area contributed by atoms with Crippen molar-refractivity contribution in [1.82, 2.24) is 14.9 Å². The van der Waals surface area contributed by atoms with Crippen LogP contribution in [-0.4, -0.2) is 29.2 Å². The normalized spacial score (nSPS) is 10.8. The van der Waals surface area contributed by atoms with Crippen LogP contribution in [0.2, 0.25) is 0 Å². The molecule has 1 amide bonds. The minimum atomic E-state index is -0.243. The van der Waals surface area contributed by atoms with Crippen molar-refractivity contribution in [3.63, 3.8) is 0 Å². The third-order valence-electron chi connectivity index (χ3n) is 3.93.